The molecule has 2 heterocycles. The molecule has 4 rings (SSSR count). The van der Waals surface area contributed by atoms with Gasteiger partial charge in [-0.2, -0.15) is 0 Å². The summed E-state index contributed by atoms with van der Waals surface area (Å²) in [6.07, 6.45) is 7.33. The number of amides is 1. The van der Waals surface area contributed by atoms with Crippen molar-refractivity contribution in [2.45, 2.75) is 51.1 Å². The largest absolute Gasteiger partial charge is 0.372 e. The lowest BCUT2D eigenvalue weighted by atomic mass is 9.77. The second-order valence-electron chi connectivity index (χ2n) is 7.78. The predicted octanol–water partition coefficient (Wildman–Crippen LogP) is 2.19. The van der Waals surface area contributed by atoms with Crippen LogP contribution >= 0.6 is 0 Å². The maximum atomic E-state index is 12.6. The Kier molecular flexibility index (Phi) is 5.22. The minimum atomic E-state index is 0.0985. The first-order valence-corrected chi connectivity index (χ1v) is 9.91. The molecule has 3 N–H and O–H groups in total. The number of piperidine rings is 1. The van der Waals surface area contributed by atoms with E-state index in [2.05, 4.69) is 45.3 Å². The Labute approximate surface area is 150 Å². The van der Waals surface area contributed by atoms with Crippen molar-refractivity contribution in [1.82, 2.24) is 16.2 Å². The molecule has 0 bridgehead atoms. The fourth-order valence-electron chi connectivity index (χ4n) is 4.63. The second-order valence-corrected chi connectivity index (χ2v) is 7.78. The van der Waals surface area contributed by atoms with Crippen molar-refractivity contribution in [2.75, 3.05) is 24.5 Å². The van der Waals surface area contributed by atoms with Crippen molar-refractivity contribution in [2.24, 2.45) is 11.8 Å². The Morgan fingerprint density at radius 1 is 1.08 bits per heavy atom. The zero-order chi connectivity index (χ0) is 17.1. The second kappa shape index (κ2) is 7.75. The monoisotopic (exact) mass is 342 g/mol. The van der Waals surface area contributed by atoms with Crippen LogP contribution in [0.4, 0.5) is 5.69 Å². The Morgan fingerprint density at radius 2 is 1.88 bits per heavy atom. The number of carbonyl (C=O) groups is 1. The van der Waals surface area contributed by atoms with E-state index in [0.717, 1.165) is 19.4 Å². The van der Waals surface area contributed by atoms with E-state index < -0.39 is 0 Å². The summed E-state index contributed by atoms with van der Waals surface area (Å²) in [6, 6.07) is 9.01. The average Bonchev–Trinajstić information content (AvgIpc) is 3.16. The van der Waals surface area contributed by atoms with Crippen molar-refractivity contribution in [3.63, 3.8) is 0 Å². The molecule has 1 saturated carbocycles. The quantitative estimate of drug-likeness (QED) is 0.785. The molecule has 5 heteroatoms. The van der Waals surface area contributed by atoms with E-state index in [1.807, 2.05) is 0 Å². The molecule has 2 saturated heterocycles. The molecule has 1 amide bonds. The van der Waals surface area contributed by atoms with Crippen molar-refractivity contribution in [1.29, 1.82) is 0 Å². The van der Waals surface area contributed by atoms with Crippen molar-refractivity contribution < 1.29 is 4.79 Å². The molecule has 136 valence electrons. The molecular weight excluding hydrogens is 312 g/mol. The molecular formula is C20H30N4O. The SMILES string of the molecule is O=C(NCc1ccc(N2CCCCC2)cc1)C1CCCC2CNNC21. The maximum Gasteiger partial charge on any atom is 0.225 e. The minimum absolute atomic E-state index is 0.0985. The zero-order valence-corrected chi connectivity index (χ0v) is 15.0. The summed E-state index contributed by atoms with van der Waals surface area (Å²) in [5, 5.41) is 3.16. The zero-order valence-electron chi connectivity index (χ0n) is 15.0. The molecule has 0 radical (unpaired) electrons. The highest BCUT2D eigenvalue weighted by atomic mass is 16.1. The van der Waals surface area contributed by atoms with E-state index in [9.17, 15) is 4.79 Å². The maximum absolute atomic E-state index is 12.6. The van der Waals surface area contributed by atoms with Crippen LogP contribution in [0.15, 0.2) is 24.3 Å². The predicted molar refractivity (Wildman–Crippen MR) is 100 cm³/mol. The molecule has 3 atom stereocenters. The van der Waals surface area contributed by atoms with Gasteiger partial charge >= 0.3 is 0 Å². The van der Waals surface area contributed by atoms with Crippen LogP contribution in [0.1, 0.15) is 44.1 Å². The average molecular weight is 342 g/mol. The number of hydrazine groups is 1. The van der Waals surface area contributed by atoms with Crippen LogP contribution in [0.3, 0.4) is 0 Å². The molecule has 1 aromatic rings. The third kappa shape index (κ3) is 3.82. The molecule has 1 aromatic carbocycles. The van der Waals surface area contributed by atoms with Gasteiger partial charge in [-0.05, 0) is 55.7 Å². The van der Waals surface area contributed by atoms with Gasteiger partial charge in [-0.1, -0.05) is 18.6 Å². The number of benzene rings is 1. The number of nitrogens with one attached hydrogen (secondary N) is 3. The fraction of sp³-hybridized carbons (Fsp3) is 0.650. The van der Waals surface area contributed by atoms with Gasteiger partial charge < -0.3 is 10.2 Å². The first kappa shape index (κ1) is 16.9. The molecule has 0 spiro atoms. The summed E-state index contributed by atoms with van der Waals surface area (Å²) >= 11 is 0. The van der Waals surface area contributed by atoms with Crippen LogP contribution in [0.2, 0.25) is 0 Å². The smallest absolute Gasteiger partial charge is 0.225 e. The minimum Gasteiger partial charge on any atom is -0.372 e. The van der Waals surface area contributed by atoms with E-state index >= 15 is 0 Å². The molecule has 5 nitrogen and oxygen atoms in total. The number of hydrogen-bond acceptors (Lipinski definition) is 4. The first-order chi connectivity index (χ1) is 12.3. The Balaban J connectivity index is 1.31. The summed E-state index contributed by atoms with van der Waals surface area (Å²) in [7, 11) is 0. The van der Waals surface area contributed by atoms with E-state index in [4.69, 9.17) is 0 Å². The lowest BCUT2D eigenvalue weighted by Crippen LogP contribution is -2.47. The Morgan fingerprint density at radius 3 is 2.68 bits per heavy atom. The summed E-state index contributed by atoms with van der Waals surface area (Å²) in [6.45, 7) is 3.95. The number of hydrogen-bond donors (Lipinski definition) is 3. The topological polar surface area (TPSA) is 56.4 Å². The van der Waals surface area contributed by atoms with Crippen LogP contribution in [-0.2, 0) is 11.3 Å². The molecule has 1 aliphatic carbocycles. The van der Waals surface area contributed by atoms with Gasteiger partial charge in [0, 0.05) is 37.9 Å². The number of nitrogens with zero attached hydrogens (tertiary/aromatic N) is 1. The summed E-state index contributed by atoms with van der Waals surface area (Å²) < 4.78 is 0. The molecule has 3 unspecified atom stereocenters. The van der Waals surface area contributed by atoms with Crippen molar-refractivity contribution in [3.8, 4) is 0 Å². The van der Waals surface area contributed by atoms with Crippen LogP contribution in [-0.4, -0.2) is 31.6 Å². The normalized spacial score (nSPS) is 29.3. The third-order valence-electron chi connectivity index (χ3n) is 6.13. The van der Waals surface area contributed by atoms with E-state index in [1.54, 1.807) is 0 Å². The van der Waals surface area contributed by atoms with Crippen LogP contribution in [0.5, 0.6) is 0 Å². The van der Waals surface area contributed by atoms with E-state index in [-0.39, 0.29) is 11.8 Å². The standard InChI is InChI=1S/C20H30N4O/c25-20(18-6-4-5-16-14-22-23-19(16)18)21-13-15-7-9-17(10-8-15)24-11-2-1-3-12-24/h7-10,16,18-19,22-23H,1-6,11-14H2,(H,21,25). The van der Waals surface area contributed by atoms with Gasteiger partial charge in [-0.25, -0.2) is 0 Å². The molecule has 3 fully saturated rings. The highest BCUT2D eigenvalue weighted by Crippen LogP contribution is 2.31. The van der Waals surface area contributed by atoms with Gasteiger partial charge in [0.2, 0.25) is 5.91 Å². The first-order valence-electron chi connectivity index (χ1n) is 9.91. The van der Waals surface area contributed by atoms with Gasteiger partial charge in [-0.3, -0.25) is 15.6 Å². The molecule has 3 aliphatic rings. The van der Waals surface area contributed by atoms with Gasteiger partial charge in [0.15, 0.2) is 0 Å². The highest BCUT2D eigenvalue weighted by molar-refractivity contribution is 5.79. The van der Waals surface area contributed by atoms with E-state index in [0.29, 0.717) is 18.5 Å². The number of carbonyl (C=O) groups excluding carboxylic acids is 1. The van der Waals surface area contributed by atoms with Gasteiger partial charge in [-0.15, -0.1) is 0 Å². The molecule has 2 aliphatic heterocycles. The Hall–Kier alpha value is -1.59. The van der Waals surface area contributed by atoms with Crippen LogP contribution < -0.4 is 21.1 Å². The van der Waals surface area contributed by atoms with Gasteiger partial charge in [0.1, 0.15) is 0 Å². The summed E-state index contributed by atoms with van der Waals surface area (Å²) in [5.41, 5.74) is 9.03. The number of rotatable bonds is 4. The van der Waals surface area contributed by atoms with E-state index in [1.165, 1.54) is 50.0 Å². The lowest BCUT2D eigenvalue weighted by molar-refractivity contribution is -0.127. The molecule has 0 aromatic heterocycles. The van der Waals surface area contributed by atoms with Crippen molar-refractivity contribution >= 4 is 11.6 Å². The number of fused-ring (bicyclic) bond motifs is 1. The highest BCUT2D eigenvalue weighted by Gasteiger charge is 2.39. The van der Waals surface area contributed by atoms with Gasteiger partial charge in [0.25, 0.3) is 0 Å². The number of anilines is 1. The molecule has 25 heavy (non-hydrogen) atoms. The Bertz CT molecular complexity index is 582. The van der Waals surface area contributed by atoms with Gasteiger partial charge in [0.05, 0.1) is 5.92 Å². The van der Waals surface area contributed by atoms with Crippen LogP contribution in [0, 0.1) is 11.8 Å². The summed E-state index contributed by atoms with van der Waals surface area (Å²) in [4.78, 5) is 15.1. The third-order valence-corrected chi connectivity index (χ3v) is 6.13. The van der Waals surface area contributed by atoms with Crippen LogP contribution in [0.25, 0.3) is 0 Å². The van der Waals surface area contributed by atoms with Crippen molar-refractivity contribution in [3.05, 3.63) is 29.8 Å². The summed E-state index contributed by atoms with van der Waals surface area (Å²) in [5.74, 6) is 0.903. The fourth-order valence-corrected chi connectivity index (χ4v) is 4.63. The lowest BCUT2D eigenvalue weighted by Gasteiger charge is -2.31.